The zero-order chi connectivity index (χ0) is 15.1. The highest BCUT2D eigenvalue weighted by Crippen LogP contribution is 2.31. The van der Waals surface area contributed by atoms with E-state index in [9.17, 15) is 4.79 Å². The lowest BCUT2D eigenvalue weighted by atomic mass is 10.1. The molecule has 0 aliphatic heterocycles. The first-order chi connectivity index (χ1) is 10.0. The highest BCUT2D eigenvalue weighted by atomic mass is 35.5. The predicted octanol–water partition coefficient (Wildman–Crippen LogP) is 3.36. The van der Waals surface area contributed by atoms with Crippen molar-refractivity contribution < 1.29 is 4.42 Å². The fraction of sp³-hybridized carbons (Fsp3) is 0.312. The van der Waals surface area contributed by atoms with Gasteiger partial charge in [-0.2, -0.15) is 0 Å². The fourth-order valence-corrected chi connectivity index (χ4v) is 2.82. The molecule has 0 saturated heterocycles. The molecule has 3 rings (SSSR count). The van der Waals surface area contributed by atoms with Gasteiger partial charge in [-0.25, -0.2) is 4.79 Å². The number of furan rings is 1. The number of fused-ring (bicyclic) bond motifs is 1. The summed E-state index contributed by atoms with van der Waals surface area (Å²) < 4.78 is 8.97. The Morgan fingerprint density at radius 2 is 1.86 bits per heavy atom. The third-order valence-corrected chi connectivity index (χ3v) is 4.34. The summed E-state index contributed by atoms with van der Waals surface area (Å²) in [5.41, 5.74) is 2.64. The summed E-state index contributed by atoms with van der Waals surface area (Å²) in [6, 6.07) is 9.66. The van der Waals surface area contributed by atoms with E-state index in [1.807, 2.05) is 37.3 Å². The Hall–Kier alpha value is -1.94. The van der Waals surface area contributed by atoms with Crippen LogP contribution in [0.15, 0.2) is 39.5 Å². The highest BCUT2D eigenvalue weighted by molar-refractivity contribution is 6.22. The van der Waals surface area contributed by atoms with Crippen molar-refractivity contribution >= 4 is 22.6 Å². The van der Waals surface area contributed by atoms with E-state index in [-0.39, 0.29) is 11.1 Å². The van der Waals surface area contributed by atoms with Crippen LogP contribution in [0, 0.1) is 0 Å². The van der Waals surface area contributed by atoms with E-state index in [0.29, 0.717) is 0 Å². The molecule has 0 amide bonds. The number of benzene rings is 1. The van der Waals surface area contributed by atoms with Crippen LogP contribution in [0.3, 0.4) is 0 Å². The maximum absolute atomic E-state index is 12.0. The predicted molar refractivity (Wildman–Crippen MR) is 83.9 cm³/mol. The first-order valence-corrected chi connectivity index (χ1v) is 7.34. The summed E-state index contributed by atoms with van der Waals surface area (Å²) in [5, 5.41) is -0.356. The number of alkyl halides is 1. The number of aryl methyl sites for hydroxylation is 3. The molecule has 110 valence electrons. The zero-order valence-electron chi connectivity index (χ0n) is 12.3. The van der Waals surface area contributed by atoms with Gasteiger partial charge in [0.25, 0.3) is 0 Å². The van der Waals surface area contributed by atoms with Crippen LogP contribution in [0.1, 0.15) is 29.4 Å². The molecule has 0 spiro atoms. The second kappa shape index (κ2) is 5.11. The van der Waals surface area contributed by atoms with Gasteiger partial charge in [-0.3, -0.25) is 9.13 Å². The molecule has 1 unspecified atom stereocenters. The molecule has 0 aliphatic carbocycles. The van der Waals surface area contributed by atoms with Crippen molar-refractivity contribution in [3.8, 4) is 0 Å². The van der Waals surface area contributed by atoms with Gasteiger partial charge < -0.3 is 4.42 Å². The van der Waals surface area contributed by atoms with Gasteiger partial charge >= 0.3 is 5.69 Å². The summed E-state index contributed by atoms with van der Waals surface area (Å²) in [7, 11) is 3.53. The van der Waals surface area contributed by atoms with Gasteiger partial charge in [-0.05, 0) is 29.8 Å². The van der Waals surface area contributed by atoms with Crippen LogP contribution in [0.4, 0.5) is 0 Å². The molecule has 2 heterocycles. The second-order valence-corrected chi connectivity index (χ2v) is 5.61. The van der Waals surface area contributed by atoms with Gasteiger partial charge in [0, 0.05) is 20.5 Å². The Bertz CT molecular complexity index is 857. The Balaban J connectivity index is 2.08. The minimum absolute atomic E-state index is 0.0421. The van der Waals surface area contributed by atoms with E-state index in [4.69, 9.17) is 16.0 Å². The molecule has 21 heavy (non-hydrogen) atoms. The van der Waals surface area contributed by atoms with Crippen molar-refractivity contribution in [1.29, 1.82) is 0 Å². The van der Waals surface area contributed by atoms with E-state index in [1.54, 1.807) is 23.2 Å². The average Bonchev–Trinajstić information content (AvgIpc) is 3.07. The van der Waals surface area contributed by atoms with Crippen molar-refractivity contribution in [2.24, 2.45) is 14.1 Å². The number of hydrogen-bond acceptors (Lipinski definition) is 2. The van der Waals surface area contributed by atoms with Crippen molar-refractivity contribution in [1.82, 2.24) is 9.13 Å². The molecular weight excluding hydrogens is 288 g/mol. The Kier molecular flexibility index (Phi) is 3.41. The number of hydrogen-bond donors (Lipinski definition) is 0. The first-order valence-electron chi connectivity index (χ1n) is 6.91. The van der Waals surface area contributed by atoms with Gasteiger partial charge in [0.2, 0.25) is 0 Å². The van der Waals surface area contributed by atoms with Gasteiger partial charge in [0.15, 0.2) is 0 Å². The number of imidazole rings is 1. The van der Waals surface area contributed by atoms with Crippen molar-refractivity contribution in [3.05, 3.63) is 57.9 Å². The number of halogens is 1. The van der Waals surface area contributed by atoms with Crippen LogP contribution in [0.2, 0.25) is 0 Å². The maximum atomic E-state index is 12.0. The molecule has 1 aromatic carbocycles. The third kappa shape index (κ3) is 2.20. The monoisotopic (exact) mass is 304 g/mol. The molecule has 3 aromatic rings. The van der Waals surface area contributed by atoms with Gasteiger partial charge in [0.05, 0.1) is 11.0 Å². The van der Waals surface area contributed by atoms with Gasteiger partial charge in [-0.1, -0.05) is 13.0 Å². The number of aromatic nitrogens is 2. The van der Waals surface area contributed by atoms with Gasteiger partial charge in [-0.15, -0.1) is 11.6 Å². The minimum Gasteiger partial charge on any atom is -0.464 e. The topological polar surface area (TPSA) is 40.1 Å². The van der Waals surface area contributed by atoms with Gasteiger partial charge in [0.1, 0.15) is 16.9 Å². The van der Waals surface area contributed by atoms with Crippen molar-refractivity contribution in [2.75, 3.05) is 0 Å². The summed E-state index contributed by atoms with van der Waals surface area (Å²) in [6.45, 7) is 2.04. The largest absolute Gasteiger partial charge is 0.464 e. The smallest absolute Gasteiger partial charge is 0.328 e. The molecule has 1 atom stereocenters. The highest BCUT2D eigenvalue weighted by Gasteiger charge is 2.17. The van der Waals surface area contributed by atoms with Crippen LogP contribution in [-0.2, 0) is 20.5 Å². The molecule has 0 N–H and O–H groups in total. The molecule has 0 bridgehead atoms. The van der Waals surface area contributed by atoms with E-state index < -0.39 is 0 Å². The number of rotatable bonds is 3. The Labute approximate surface area is 127 Å². The normalized spacial score (nSPS) is 13.0. The summed E-state index contributed by atoms with van der Waals surface area (Å²) >= 11 is 6.51. The standard InChI is InChI=1S/C16H17ClN2O2/c1-4-11-6-8-14(21-11)15(17)10-5-7-12-13(9-10)19(3)16(20)18(12)2/h5-9,15H,4H2,1-3H3. The maximum Gasteiger partial charge on any atom is 0.328 e. The Morgan fingerprint density at radius 3 is 2.52 bits per heavy atom. The first kappa shape index (κ1) is 14.0. The lowest BCUT2D eigenvalue weighted by Gasteiger charge is -2.08. The van der Waals surface area contributed by atoms with Crippen LogP contribution in [0.25, 0.3) is 11.0 Å². The molecule has 2 aromatic heterocycles. The summed E-state index contributed by atoms with van der Waals surface area (Å²) in [5.74, 6) is 1.65. The molecule has 0 saturated carbocycles. The van der Waals surface area contributed by atoms with Crippen molar-refractivity contribution in [2.45, 2.75) is 18.7 Å². The summed E-state index contributed by atoms with van der Waals surface area (Å²) in [4.78, 5) is 12.0. The molecule has 5 heteroatoms. The van der Waals surface area contributed by atoms with E-state index in [1.165, 1.54) is 0 Å². The van der Waals surface area contributed by atoms with Crippen LogP contribution < -0.4 is 5.69 Å². The Morgan fingerprint density at radius 1 is 1.14 bits per heavy atom. The lowest BCUT2D eigenvalue weighted by Crippen LogP contribution is -2.19. The molecule has 0 aliphatic rings. The summed E-state index contributed by atoms with van der Waals surface area (Å²) in [6.07, 6.45) is 0.843. The molecule has 4 nitrogen and oxygen atoms in total. The quantitative estimate of drug-likeness (QED) is 0.696. The average molecular weight is 305 g/mol. The van der Waals surface area contributed by atoms with Crippen LogP contribution in [-0.4, -0.2) is 9.13 Å². The van der Waals surface area contributed by atoms with Crippen molar-refractivity contribution in [3.63, 3.8) is 0 Å². The minimum atomic E-state index is -0.356. The van der Waals surface area contributed by atoms with Crippen LogP contribution in [0.5, 0.6) is 0 Å². The molecule has 0 radical (unpaired) electrons. The molecule has 0 fully saturated rings. The van der Waals surface area contributed by atoms with Crippen LogP contribution >= 0.6 is 11.6 Å². The lowest BCUT2D eigenvalue weighted by molar-refractivity contribution is 0.474. The third-order valence-electron chi connectivity index (χ3n) is 3.87. The SMILES string of the molecule is CCc1ccc(C(Cl)c2ccc3c(c2)n(C)c(=O)n3C)o1. The van der Waals surface area contributed by atoms with E-state index >= 15 is 0 Å². The molecular formula is C16H17ClN2O2. The second-order valence-electron chi connectivity index (χ2n) is 5.17. The fourth-order valence-electron chi connectivity index (χ4n) is 2.57. The zero-order valence-corrected chi connectivity index (χ0v) is 13.0. The van der Waals surface area contributed by atoms with E-state index in [2.05, 4.69) is 0 Å². The number of nitrogens with zero attached hydrogens (tertiary/aromatic N) is 2. The van der Waals surface area contributed by atoms with E-state index in [0.717, 1.165) is 34.5 Å².